The summed E-state index contributed by atoms with van der Waals surface area (Å²) in [4.78, 5) is 0. The molecule has 2 aromatic rings. The van der Waals surface area contributed by atoms with E-state index >= 15 is 0 Å². The first-order valence-electron chi connectivity index (χ1n) is 1.50. The van der Waals surface area contributed by atoms with Gasteiger partial charge in [0.15, 0.2) is 0 Å². The van der Waals surface area contributed by atoms with Gasteiger partial charge in [0.05, 0.1) is 12.4 Å². The zero-order valence-corrected chi connectivity index (χ0v) is 2.55. The van der Waals surface area contributed by atoms with Crippen LogP contribution >= 0.6 is 0 Å². The molecule has 2 rings (SSSR count). The topological polar surface area (TPSA) is 24.6 Å². The zero-order chi connectivity index (χ0) is 3.28. The lowest BCUT2D eigenvalue weighted by molar-refractivity contribution is 0.962. The van der Waals surface area contributed by atoms with Gasteiger partial charge in [0.1, 0.15) is 0 Å². The number of nitrogens with zero attached hydrogens (tertiary/aromatic N) is 2. The normalized spacial score (nSPS) is 12.0. The SMILES string of the molecule is c1cn2[nH]n12. The van der Waals surface area contributed by atoms with E-state index in [1.165, 1.54) is 0 Å². The largest absolute Gasteiger partial charge is 0.198 e. The second-order valence-corrected chi connectivity index (χ2v) is 1.09. The Morgan fingerprint density at radius 1 is 1.20 bits per heavy atom. The first-order valence-corrected chi connectivity index (χ1v) is 1.50. The van der Waals surface area contributed by atoms with Crippen molar-refractivity contribution in [3.8, 4) is 0 Å². The highest BCUT2D eigenvalue weighted by Crippen LogP contribution is 1.86. The van der Waals surface area contributed by atoms with E-state index in [4.69, 9.17) is 0 Å². The molecule has 0 saturated carbocycles. The second kappa shape index (κ2) is 0.217. The third-order valence-corrected chi connectivity index (χ3v) is 0.747. The van der Waals surface area contributed by atoms with Gasteiger partial charge in [0, 0.05) is 0 Å². The van der Waals surface area contributed by atoms with Gasteiger partial charge in [-0.3, -0.25) is 0 Å². The van der Waals surface area contributed by atoms with Gasteiger partial charge in [-0.15, -0.1) is 0 Å². The third-order valence-electron chi connectivity index (χ3n) is 0.747. The standard InChI is InChI=1S/C2H3N3/c1-2-5-3-4(1)5/h1-3H. The van der Waals surface area contributed by atoms with Crippen LogP contribution in [0, 0.1) is 0 Å². The molecule has 0 radical (unpaired) electrons. The molecule has 2 aromatic heterocycles. The lowest BCUT2D eigenvalue weighted by Crippen LogP contribution is -1.75. The van der Waals surface area contributed by atoms with Gasteiger partial charge < -0.3 is 0 Å². The Kier molecular flexibility index (Phi) is 0.0671. The molecule has 0 aliphatic carbocycles. The molecule has 0 atom stereocenters. The molecule has 0 aliphatic heterocycles. The Morgan fingerprint density at radius 3 is 1.80 bits per heavy atom. The number of hydrogen-bond acceptors (Lipinski definition) is 0. The Hall–Kier alpha value is -0.860. The Bertz CT molecular complexity index is 156. The fourth-order valence-corrected chi connectivity index (χ4v) is 0.352. The van der Waals surface area contributed by atoms with Crippen LogP contribution in [0.4, 0.5) is 0 Å². The summed E-state index contributed by atoms with van der Waals surface area (Å²) >= 11 is 0. The molecule has 0 amide bonds. The van der Waals surface area contributed by atoms with Crippen LogP contribution in [0.3, 0.4) is 0 Å². The fraction of sp³-hybridized carbons (Fsp3) is 0. The van der Waals surface area contributed by atoms with E-state index in [0.29, 0.717) is 0 Å². The summed E-state index contributed by atoms with van der Waals surface area (Å²) in [5.41, 5.74) is 0. The molecule has 3 nitrogen and oxygen atoms in total. The summed E-state index contributed by atoms with van der Waals surface area (Å²) in [6.07, 6.45) is 3.89. The van der Waals surface area contributed by atoms with Crippen LogP contribution in [0.1, 0.15) is 0 Å². The van der Waals surface area contributed by atoms with Crippen molar-refractivity contribution < 1.29 is 0 Å². The van der Waals surface area contributed by atoms with Crippen molar-refractivity contribution in [2.24, 2.45) is 0 Å². The molecule has 0 saturated heterocycles. The van der Waals surface area contributed by atoms with Crippen molar-refractivity contribution >= 4 is 0 Å². The first kappa shape index (κ1) is 1.55. The summed E-state index contributed by atoms with van der Waals surface area (Å²) < 4.78 is 3.75. The predicted molar refractivity (Wildman–Crippen MR) is 16.4 cm³/mol. The first-order chi connectivity index (χ1) is 2.47. The second-order valence-electron chi connectivity index (χ2n) is 1.09. The molecule has 2 heterocycles. The average molecular weight is 69.1 g/mol. The van der Waals surface area contributed by atoms with E-state index in [1.807, 2.05) is 21.7 Å². The Labute approximate surface area is 28.1 Å². The van der Waals surface area contributed by atoms with Gasteiger partial charge in [-0.25, -0.2) is 0 Å². The van der Waals surface area contributed by atoms with Crippen molar-refractivity contribution in [1.29, 1.82) is 0 Å². The highest BCUT2D eigenvalue weighted by atomic mass is 15.8. The van der Waals surface area contributed by atoms with E-state index in [-0.39, 0.29) is 0 Å². The summed E-state index contributed by atoms with van der Waals surface area (Å²) in [7, 11) is 0. The van der Waals surface area contributed by atoms with E-state index in [9.17, 15) is 0 Å². The molecule has 0 bridgehead atoms. The van der Waals surface area contributed by atoms with Gasteiger partial charge in [-0.2, -0.15) is 14.5 Å². The Morgan fingerprint density at radius 2 is 1.80 bits per heavy atom. The highest BCUT2D eigenvalue weighted by Gasteiger charge is 1.92. The van der Waals surface area contributed by atoms with Crippen molar-refractivity contribution in [2.45, 2.75) is 0 Å². The molecular formula is C2H3N3. The lowest BCUT2D eigenvalue weighted by Gasteiger charge is -1.69. The van der Waals surface area contributed by atoms with Crippen LogP contribution in [0.15, 0.2) is 12.4 Å². The molecule has 0 aromatic carbocycles. The molecule has 0 aliphatic rings. The number of rotatable bonds is 0. The summed E-state index contributed by atoms with van der Waals surface area (Å²) in [6.45, 7) is 0. The zero-order valence-electron chi connectivity index (χ0n) is 2.55. The molecular weight excluding hydrogens is 66.0 g/mol. The van der Waals surface area contributed by atoms with E-state index in [2.05, 4.69) is 5.21 Å². The maximum atomic E-state index is 2.86. The van der Waals surface area contributed by atoms with Crippen molar-refractivity contribution in [1.82, 2.24) is 14.5 Å². The molecule has 0 unspecified atom stereocenters. The van der Waals surface area contributed by atoms with Gasteiger partial charge in [0.25, 0.3) is 0 Å². The number of aromatic amines is 1. The lowest BCUT2D eigenvalue weighted by atomic mass is 10.9. The van der Waals surface area contributed by atoms with Crippen LogP contribution in [0.2, 0.25) is 0 Å². The monoisotopic (exact) mass is 69.0 g/mol. The van der Waals surface area contributed by atoms with Gasteiger partial charge >= 0.3 is 0 Å². The minimum Gasteiger partial charge on any atom is -0.198 e. The number of hydrogen-bond donors (Lipinski definition) is 1. The quantitative estimate of drug-likeness (QED) is 0.443. The number of H-pyrrole nitrogens is 1. The highest BCUT2D eigenvalue weighted by molar-refractivity contribution is 4.73. The van der Waals surface area contributed by atoms with Crippen LogP contribution in [-0.2, 0) is 0 Å². The molecule has 0 fully saturated rings. The summed E-state index contributed by atoms with van der Waals surface area (Å²) in [6, 6.07) is 0. The summed E-state index contributed by atoms with van der Waals surface area (Å²) in [5, 5.41) is 2.86. The molecule has 3 heteroatoms. The van der Waals surface area contributed by atoms with E-state index < -0.39 is 0 Å². The van der Waals surface area contributed by atoms with Crippen LogP contribution < -0.4 is 0 Å². The maximum Gasteiger partial charge on any atom is 0.0690 e. The number of nitrogens with one attached hydrogen (secondary N) is 1. The molecule has 5 heavy (non-hydrogen) atoms. The van der Waals surface area contributed by atoms with Crippen molar-refractivity contribution in [3.63, 3.8) is 0 Å². The fourth-order valence-electron chi connectivity index (χ4n) is 0.352. The van der Waals surface area contributed by atoms with Gasteiger partial charge in [-0.1, -0.05) is 0 Å². The number of fused-ring (bicyclic) bond motifs is 1. The van der Waals surface area contributed by atoms with Crippen molar-refractivity contribution in [2.75, 3.05) is 0 Å². The number of aromatic nitrogens is 3. The molecule has 0 spiro atoms. The average Bonchev–Trinajstić information content (AvgIpc) is 1.74. The van der Waals surface area contributed by atoms with Crippen LogP contribution in [-0.4, -0.2) is 14.5 Å². The van der Waals surface area contributed by atoms with Crippen LogP contribution in [0.5, 0.6) is 0 Å². The van der Waals surface area contributed by atoms with E-state index in [1.54, 1.807) is 0 Å². The molecule has 26 valence electrons. The van der Waals surface area contributed by atoms with E-state index in [0.717, 1.165) is 0 Å². The Balaban J connectivity index is 3.29. The predicted octanol–water partition coefficient (Wildman–Crippen LogP) is -0.195. The third kappa shape index (κ3) is 0.0397. The molecule has 1 N–H and O–H groups in total. The van der Waals surface area contributed by atoms with Gasteiger partial charge in [0.2, 0.25) is 0 Å². The summed E-state index contributed by atoms with van der Waals surface area (Å²) in [5.74, 6) is 0. The van der Waals surface area contributed by atoms with Crippen LogP contribution in [0.25, 0.3) is 0 Å². The maximum absolute atomic E-state index is 2.86. The van der Waals surface area contributed by atoms with Crippen molar-refractivity contribution in [3.05, 3.63) is 12.4 Å². The van der Waals surface area contributed by atoms with Gasteiger partial charge in [-0.05, 0) is 0 Å². The minimum atomic E-state index is 1.88. The smallest absolute Gasteiger partial charge is 0.0690 e. The minimum absolute atomic E-state index is 1.88.